The van der Waals surface area contributed by atoms with Gasteiger partial charge in [-0.2, -0.15) is 0 Å². The van der Waals surface area contributed by atoms with Gasteiger partial charge in [-0.3, -0.25) is 9.69 Å². The molecule has 1 aromatic rings. The summed E-state index contributed by atoms with van der Waals surface area (Å²) in [4.78, 5) is 14.7. The number of carbonyl (C=O) groups is 1. The summed E-state index contributed by atoms with van der Waals surface area (Å²) in [6.07, 6.45) is 2.68. The van der Waals surface area contributed by atoms with E-state index in [1.54, 1.807) is 0 Å². The summed E-state index contributed by atoms with van der Waals surface area (Å²) < 4.78 is 0. The van der Waals surface area contributed by atoms with Crippen molar-refractivity contribution >= 4 is 30.7 Å². The third-order valence-electron chi connectivity index (χ3n) is 5.57. The molecule has 2 unspecified atom stereocenters. The van der Waals surface area contributed by atoms with Crippen LogP contribution in [-0.2, 0) is 17.9 Å². The molecule has 3 rings (SSSR count). The Kier molecular flexibility index (Phi) is 9.94. The molecule has 2 aliphatic heterocycles. The molecule has 0 radical (unpaired) electrons. The van der Waals surface area contributed by atoms with Gasteiger partial charge in [0, 0.05) is 25.6 Å². The second kappa shape index (κ2) is 11.1. The number of amides is 1. The highest BCUT2D eigenvalue weighted by molar-refractivity contribution is 5.85. The molecule has 2 aliphatic rings. The fourth-order valence-corrected chi connectivity index (χ4v) is 3.68. The molecule has 6 heteroatoms. The minimum Gasteiger partial charge on any atom is -0.352 e. The van der Waals surface area contributed by atoms with Crippen LogP contribution in [0.25, 0.3) is 0 Å². The topological polar surface area (TPSA) is 44.4 Å². The molecule has 0 spiro atoms. The van der Waals surface area contributed by atoms with Crippen LogP contribution >= 0.6 is 24.8 Å². The van der Waals surface area contributed by atoms with Gasteiger partial charge in [0.25, 0.3) is 0 Å². The number of nitrogens with zero attached hydrogens (tertiary/aromatic N) is 1. The van der Waals surface area contributed by atoms with E-state index in [-0.39, 0.29) is 36.6 Å². The minimum absolute atomic E-state index is 0. The molecular weight excluding hydrogens is 369 g/mol. The lowest BCUT2D eigenvalue weighted by Crippen LogP contribution is -2.49. The number of halogens is 2. The third kappa shape index (κ3) is 6.41. The SMILES string of the molecule is CC1CCCN(Cc2ccc(CNC(=O)C(C)C3CNC3)cc2)C1.Cl.Cl. The van der Waals surface area contributed by atoms with Crippen molar-refractivity contribution in [1.29, 1.82) is 0 Å². The second-order valence-corrected chi connectivity index (χ2v) is 7.72. The van der Waals surface area contributed by atoms with Gasteiger partial charge in [-0.05, 0) is 55.4 Å². The Hall–Kier alpha value is -0.810. The number of hydrogen-bond donors (Lipinski definition) is 2. The standard InChI is InChI=1S/C20H31N3O.2ClH/c1-15-4-3-9-23(13-15)14-18-7-5-17(6-8-18)10-22-20(24)16(2)19-11-21-12-19;;/h5-8,15-16,19,21H,3-4,9-14H2,1-2H3,(H,22,24);2*1H. The van der Waals surface area contributed by atoms with Crippen LogP contribution in [0.15, 0.2) is 24.3 Å². The van der Waals surface area contributed by atoms with Gasteiger partial charge >= 0.3 is 0 Å². The van der Waals surface area contributed by atoms with E-state index in [1.165, 1.54) is 37.1 Å². The van der Waals surface area contributed by atoms with Crippen molar-refractivity contribution in [2.24, 2.45) is 17.8 Å². The molecule has 2 saturated heterocycles. The van der Waals surface area contributed by atoms with Crippen molar-refractivity contribution in [2.75, 3.05) is 26.2 Å². The first kappa shape index (κ1) is 23.2. The highest BCUT2D eigenvalue weighted by Gasteiger charge is 2.28. The Morgan fingerprint density at radius 2 is 1.88 bits per heavy atom. The summed E-state index contributed by atoms with van der Waals surface area (Å²) >= 11 is 0. The Balaban J connectivity index is 0.00000169. The van der Waals surface area contributed by atoms with Crippen LogP contribution in [-0.4, -0.2) is 37.0 Å². The molecule has 2 fully saturated rings. The van der Waals surface area contributed by atoms with Crippen molar-refractivity contribution in [1.82, 2.24) is 15.5 Å². The van der Waals surface area contributed by atoms with Gasteiger partial charge in [-0.15, -0.1) is 24.8 Å². The number of likely N-dealkylation sites (tertiary alicyclic amines) is 1. The third-order valence-corrected chi connectivity index (χ3v) is 5.57. The maximum Gasteiger partial charge on any atom is 0.223 e. The average Bonchev–Trinajstić information content (AvgIpc) is 2.52. The Morgan fingerprint density at radius 1 is 1.23 bits per heavy atom. The van der Waals surface area contributed by atoms with E-state index in [4.69, 9.17) is 0 Å². The van der Waals surface area contributed by atoms with Crippen LogP contribution in [0.2, 0.25) is 0 Å². The number of hydrogen-bond acceptors (Lipinski definition) is 3. The van der Waals surface area contributed by atoms with Gasteiger partial charge in [0.1, 0.15) is 0 Å². The number of benzene rings is 1. The number of nitrogens with one attached hydrogen (secondary N) is 2. The van der Waals surface area contributed by atoms with Gasteiger partial charge in [-0.1, -0.05) is 38.1 Å². The van der Waals surface area contributed by atoms with E-state index in [0.717, 1.165) is 25.6 Å². The molecule has 0 aliphatic carbocycles. The largest absolute Gasteiger partial charge is 0.352 e. The minimum atomic E-state index is 0. The smallest absolute Gasteiger partial charge is 0.223 e. The predicted molar refractivity (Wildman–Crippen MR) is 112 cm³/mol. The van der Waals surface area contributed by atoms with E-state index >= 15 is 0 Å². The van der Waals surface area contributed by atoms with Crippen LogP contribution in [0.4, 0.5) is 0 Å². The maximum absolute atomic E-state index is 12.2. The average molecular weight is 402 g/mol. The Bertz CT molecular complexity index is 548. The number of rotatable bonds is 6. The van der Waals surface area contributed by atoms with Crippen LogP contribution in [0.1, 0.15) is 37.8 Å². The molecule has 26 heavy (non-hydrogen) atoms. The predicted octanol–water partition coefficient (Wildman–Crippen LogP) is 3.23. The Labute approximate surface area is 170 Å². The second-order valence-electron chi connectivity index (χ2n) is 7.72. The van der Waals surface area contributed by atoms with Crippen molar-refractivity contribution in [3.63, 3.8) is 0 Å². The van der Waals surface area contributed by atoms with Crippen LogP contribution in [0, 0.1) is 17.8 Å². The lowest BCUT2D eigenvalue weighted by atomic mass is 9.88. The van der Waals surface area contributed by atoms with Gasteiger partial charge < -0.3 is 10.6 Å². The molecule has 0 aromatic heterocycles. The first-order valence-corrected chi connectivity index (χ1v) is 9.40. The highest BCUT2D eigenvalue weighted by atomic mass is 35.5. The van der Waals surface area contributed by atoms with Gasteiger partial charge in [-0.25, -0.2) is 0 Å². The Morgan fingerprint density at radius 3 is 2.46 bits per heavy atom. The molecular formula is C20H33Cl2N3O. The van der Waals surface area contributed by atoms with Crippen LogP contribution < -0.4 is 10.6 Å². The summed E-state index contributed by atoms with van der Waals surface area (Å²) in [5, 5.41) is 6.31. The fourth-order valence-electron chi connectivity index (χ4n) is 3.68. The molecule has 1 amide bonds. The van der Waals surface area contributed by atoms with Crippen molar-refractivity contribution < 1.29 is 4.79 Å². The van der Waals surface area contributed by atoms with Crippen molar-refractivity contribution in [3.8, 4) is 0 Å². The van der Waals surface area contributed by atoms with Gasteiger partial charge in [0.2, 0.25) is 5.91 Å². The number of carbonyl (C=O) groups excluding carboxylic acids is 1. The molecule has 2 atom stereocenters. The zero-order valence-corrected chi connectivity index (χ0v) is 17.5. The zero-order chi connectivity index (χ0) is 16.9. The molecule has 2 N–H and O–H groups in total. The summed E-state index contributed by atoms with van der Waals surface area (Å²) in [5.41, 5.74) is 2.55. The molecule has 0 saturated carbocycles. The molecule has 148 valence electrons. The van der Waals surface area contributed by atoms with Gasteiger partial charge in [0.15, 0.2) is 0 Å². The van der Waals surface area contributed by atoms with Gasteiger partial charge in [0.05, 0.1) is 0 Å². The monoisotopic (exact) mass is 401 g/mol. The summed E-state index contributed by atoms with van der Waals surface area (Å²) in [7, 11) is 0. The summed E-state index contributed by atoms with van der Waals surface area (Å²) in [5.74, 6) is 1.60. The van der Waals surface area contributed by atoms with Crippen molar-refractivity contribution in [2.45, 2.75) is 39.8 Å². The first-order chi connectivity index (χ1) is 11.6. The summed E-state index contributed by atoms with van der Waals surface area (Å²) in [6.45, 7) is 10.4. The molecule has 2 heterocycles. The molecule has 1 aromatic carbocycles. The zero-order valence-electron chi connectivity index (χ0n) is 15.9. The quantitative estimate of drug-likeness (QED) is 0.768. The van der Waals surface area contributed by atoms with E-state index < -0.39 is 0 Å². The number of piperidine rings is 1. The highest BCUT2D eigenvalue weighted by Crippen LogP contribution is 2.18. The maximum atomic E-state index is 12.2. The van der Waals surface area contributed by atoms with E-state index in [2.05, 4.69) is 46.7 Å². The molecule has 4 nitrogen and oxygen atoms in total. The van der Waals surface area contributed by atoms with Crippen LogP contribution in [0.3, 0.4) is 0 Å². The lowest BCUT2D eigenvalue weighted by Gasteiger charge is -2.31. The fraction of sp³-hybridized carbons (Fsp3) is 0.650. The first-order valence-electron chi connectivity index (χ1n) is 9.40. The van der Waals surface area contributed by atoms with E-state index in [1.807, 2.05) is 6.92 Å². The van der Waals surface area contributed by atoms with E-state index in [0.29, 0.717) is 12.5 Å². The van der Waals surface area contributed by atoms with Crippen LogP contribution in [0.5, 0.6) is 0 Å². The molecule has 0 bridgehead atoms. The summed E-state index contributed by atoms with van der Waals surface area (Å²) in [6, 6.07) is 8.72. The van der Waals surface area contributed by atoms with Crippen molar-refractivity contribution in [3.05, 3.63) is 35.4 Å². The van der Waals surface area contributed by atoms with E-state index in [9.17, 15) is 4.79 Å². The lowest BCUT2D eigenvalue weighted by molar-refractivity contribution is -0.126. The normalized spacial score (nSPS) is 21.7.